The molecule has 2 aliphatic heterocycles. The number of hydrogen-bond acceptors (Lipinski definition) is 3. The van der Waals surface area contributed by atoms with Crippen LogP contribution in [0.3, 0.4) is 0 Å². The van der Waals surface area contributed by atoms with Crippen molar-refractivity contribution in [3.8, 4) is 5.75 Å². The largest absolute Gasteiger partial charge is 0.508 e. The van der Waals surface area contributed by atoms with E-state index in [9.17, 15) is 9.90 Å². The van der Waals surface area contributed by atoms with E-state index in [-0.39, 0.29) is 11.7 Å². The summed E-state index contributed by atoms with van der Waals surface area (Å²) < 4.78 is 0. The van der Waals surface area contributed by atoms with E-state index in [2.05, 4.69) is 12.2 Å². The van der Waals surface area contributed by atoms with Crippen LogP contribution in [0, 0.1) is 11.8 Å². The molecule has 4 heteroatoms. The van der Waals surface area contributed by atoms with Crippen LogP contribution in [0.1, 0.15) is 23.7 Å². The number of rotatable bonds is 2. The lowest BCUT2D eigenvalue weighted by atomic mass is 9.93. The molecule has 0 radical (unpaired) electrons. The predicted molar refractivity (Wildman–Crippen MR) is 73.1 cm³/mol. The lowest BCUT2D eigenvalue weighted by Crippen LogP contribution is -2.39. The summed E-state index contributed by atoms with van der Waals surface area (Å²) in [4.78, 5) is 14.6. The van der Waals surface area contributed by atoms with Crippen molar-refractivity contribution in [2.75, 3.05) is 19.6 Å². The van der Waals surface area contributed by atoms with Crippen molar-refractivity contribution < 1.29 is 9.90 Å². The van der Waals surface area contributed by atoms with Crippen LogP contribution in [-0.4, -0.2) is 41.6 Å². The lowest BCUT2D eigenvalue weighted by molar-refractivity contribution is 0.0711. The van der Waals surface area contributed by atoms with E-state index in [4.69, 9.17) is 0 Å². The van der Waals surface area contributed by atoms with Crippen LogP contribution in [-0.2, 0) is 0 Å². The molecule has 0 spiro atoms. The van der Waals surface area contributed by atoms with E-state index in [1.165, 1.54) is 0 Å². The van der Waals surface area contributed by atoms with Gasteiger partial charge in [0.25, 0.3) is 5.91 Å². The molecule has 0 aliphatic carbocycles. The zero-order valence-corrected chi connectivity index (χ0v) is 11.2. The number of hydrogen-bond donors (Lipinski definition) is 2. The number of nitrogens with zero attached hydrogens (tertiary/aromatic N) is 1. The number of phenolic OH excluding ortho intramolecular Hbond substituents is 1. The second-order valence-corrected chi connectivity index (χ2v) is 5.56. The molecule has 2 heterocycles. The van der Waals surface area contributed by atoms with Gasteiger partial charge >= 0.3 is 0 Å². The highest BCUT2D eigenvalue weighted by Crippen LogP contribution is 2.35. The highest BCUT2D eigenvalue weighted by Gasteiger charge is 2.45. The topological polar surface area (TPSA) is 52.6 Å². The summed E-state index contributed by atoms with van der Waals surface area (Å²) in [7, 11) is 0. The van der Waals surface area contributed by atoms with E-state index >= 15 is 0 Å². The first-order valence-corrected chi connectivity index (χ1v) is 7.01. The van der Waals surface area contributed by atoms with E-state index in [0.29, 0.717) is 23.4 Å². The molecule has 2 saturated heterocycles. The van der Waals surface area contributed by atoms with Gasteiger partial charge in [-0.05, 0) is 42.5 Å². The number of aromatic hydroxyl groups is 1. The van der Waals surface area contributed by atoms with Gasteiger partial charge in [-0.15, -0.1) is 0 Å². The molecule has 0 bridgehead atoms. The third-order valence-electron chi connectivity index (χ3n) is 4.51. The molecular formula is C15H20N2O2. The van der Waals surface area contributed by atoms with Crippen molar-refractivity contribution in [1.82, 2.24) is 10.2 Å². The Labute approximate surface area is 113 Å². The maximum absolute atomic E-state index is 12.6. The number of benzene rings is 1. The summed E-state index contributed by atoms with van der Waals surface area (Å²) in [6.45, 7) is 5.07. The number of carbonyl (C=O) groups is 1. The van der Waals surface area contributed by atoms with Crippen molar-refractivity contribution in [2.45, 2.75) is 19.4 Å². The first kappa shape index (κ1) is 12.5. The highest BCUT2D eigenvalue weighted by molar-refractivity contribution is 5.94. The number of amides is 1. The third-order valence-corrected chi connectivity index (χ3v) is 4.51. The average molecular weight is 260 g/mol. The van der Waals surface area contributed by atoms with Gasteiger partial charge in [0.05, 0.1) is 0 Å². The number of phenols is 1. The van der Waals surface area contributed by atoms with Gasteiger partial charge in [0, 0.05) is 31.2 Å². The average Bonchev–Trinajstić information content (AvgIpc) is 2.98. The summed E-state index contributed by atoms with van der Waals surface area (Å²) >= 11 is 0. The quantitative estimate of drug-likeness (QED) is 0.846. The fourth-order valence-corrected chi connectivity index (χ4v) is 3.55. The van der Waals surface area contributed by atoms with E-state index in [0.717, 1.165) is 26.1 Å². The van der Waals surface area contributed by atoms with Crippen LogP contribution in [0.5, 0.6) is 5.75 Å². The van der Waals surface area contributed by atoms with Gasteiger partial charge in [-0.2, -0.15) is 0 Å². The minimum absolute atomic E-state index is 0.0984. The standard InChI is InChI=1S/C15H20N2O2/c1-2-14-13-8-16-7-11(13)9-17(14)15(19)10-3-5-12(18)6-4-10/h3-6,11,13-14,16,18H,2,7-9H2,1H3. The Hall–Kier alpha value is -1.55. The normalized spacial score (nSPS) is 29.5. The Morgan fingerprint density at radius 1 is 1.37 bits per heavy atom. The molecule has 4 nitrogen and oxygen atoms in total. The van der Waals surface area contributed by atoms with Crippen molar-refractivity contribution >= 4 is 5.91 Å². The second kappa shape index (κ2) is 4.85. The fraction of sp³-hybridized carbons (Fsp3) is 0.533. The minimum atomic E-state index is 0.0984. The van der Waals surface area contributed by atoms with E-state index < -0.39 is 0 Å². The van der Waals surface area contributed by atoms with Crippen molar-refractivity contribution in [3.05, 3.63) is 29.8 Å². The Morgan fingerprint density at radius 2 is 2.11 bits per heavy atom. The van der Waals surface area contributed by atoms with Gasteiger partial charge in [-0.25, -0.2) is 0 Å². The first-order valence-electron chi connectivity index (χ1n) is 7.01. The van der Waals surface area contributed by atoms with Crippen LogP contribution in [0.4, 0.5) is 0 Å². The molecule has 3 rings (SSSR count). The molecule has 3 unspecified atom stereocenters. The summed E-state index contributed by atoms with van der Waals surface area (Å²) in [6, 6.07) is 6.91. The lowest BCUT2D eigenvalue weighted by Gasteiger charge is -2.27. The molecule has 3 atom stereocenters. The monoisotopic (exact) mass is 260 g/mol. The predicted octanol–water partition coefficient (Wildman–Crippen LogP) is 1.46. The van der Waals surface area contributed by atoms with Crippen LogP contribution in [0.2, 0.25) is 0 Å². The van der Waals surface area contributed by atoms with E-state index in [1.807, 2.05) is 4.90 Å². The SMILES string of the molecule is CCC1C2CNCC2CN1C(=O)c1ccc(O)cc1. The smallest absolute Gasteiger partial charge is 0.254 e. The van der Waals surface area contributed by atoms with Crippen molar-refractivity contribution in [2.24, 2.45) is 11.8 Å². The molecule has 1 aromatic carbocycles. The van der Waals surface area contributed by atoms with Crippen molar-refractivity contribution in [3.63, 3.8) is 0 Å². The molecule has 0 saturated carbocycles. The van der Waals surface area contributed by atoms with Crippen LogP contribution < -0.4 is 5.32 Å². The van der Waals surface area contributed by atoms with Gasteiger partial charge in [0.1, 0.15) is 5.75 Å². The number of carbonyl (C=O) groups excluding carboxylic acids is 1. The first-order chi connectivity index (χ1) is 9.20. The Kier molecular flexibility index (Phi) is 3.19. The zero-order chi connectivity index (χ0) is 13.4. The summed E-state index contributed by atoms with van der Waals surface area (Å²) in [5.74, 6) is 1.50. The van der Waals surface area contributed by atoms with Crippen LogP contribution >= 0.6 is 0 Å². The van der Waals surface area contributed by atoms with Gasteiger partial charge in [0.15, 0.2) is 0 Å². The minimum Gasteiger partial charge on any atom is -0.508 e. The maximum Gasteiger partial charge on any atom is 0.254 e. The van der Waals surface area contributed by atoms with E-state index in [1.54, 1.807) is 24.3 Å². The van der Waals surface area contributed by atoms with Crippen molar-refractivity contribution in [1.29, 1.82) is 0 Å². The molecule has 0 aromatic heterocycles. The van der Waals surface area contributed by atoms with Gasteiger partial charge in [0.2, 0.25) is 0 Å². The Balaban J connectivity index is 1.81. The molecule has 2 fully saturated rings. The number of nitrogens with one attached hydrogen (secondary N) is 1. The summed E-state index contributed by atoms with van der Waals surface area (Å²) in [5, 5.41) is 12.7. The number of likely N-dealkylation sites (tertiary alicyclic amines) is 1. The molecule has 1 aromatic rings. The molecule has 1 amide bonds. The molecule has 102 valence electrons. The maximum atomic E-state index is 12.6. The highest BCUT2D eigenvalue weighted by atomic mass is 16.3. The molecule has 19 heavy (non-hydrogen) atoms. The number of fused-ring (bicyclic) bond motifs is 1. The third kappa shape index (κ3) is 2.10. The molecule has 2 N–H and O–H groups in total. The fourth-order valence-electron chi connectivity index (χ4n) is 3.55. The summed E-state index contributed by atoms with van der Waals surface area (Å²) in [6.07, 6.45) is 1.01. The second-order valence-electron chi connectivity index (χ2n) is 5.56. The molecular weight excluding hydrogens is 240 g/mol. The van der Waals surface area contributed by atoms with Gasteiger partial charge < -0.3 is 15.3 Å². The Bertz CT molecular complexity index is 472. The molecule has 2 aliphatic rings. The summed E-state index contributed by atoms with van der Waals surface area (Å²) in [5.41, 5.74) is 0.671. The zero-order valence-electron chi connectivity index (χ0n) is 11.2. The van der Waals surface area contributed by atoms with Crippen LogP contribution in [0.25, 0.3) is 0 Å². The van der Waals surface area contributed by atoms with Crippen LogP contribution in [0.15, 0.2) is 24.3 Å². The van der Waals surface area contributed by atoms with Gasteiger partial charge in [-0.1, -0.05) is 6.92 Å². The Morgan fingerprint density at radius 3 is 2.79 bits per heavy atom. The van der Waals surface area contributed by atoms with Gasteiger partial charge in [-0.3, -0.25) is 4.79 Å².